The first-order chi connectivity index (χ1) is 8.45. The molecular formula is C16H24O2. The summed E-state index contributed by atoms with van der Waals surface area (Å²) < 4.78 is 5.82. The molecular weight excluding hydrogens is 224 g/mol. The van der Waals surface area contributed by atoms with Gasteiger partial charge >= 0.3 is 0 Å². The third-order valence-corrected chi connectivity index (χ3v) is 2.85. The highest BCUT2D eigenvalue weighted by Gasteiger charge is 2.12. The Hall–Kier alpha value is -1.31. The van der Waals surface area contributed by atoms with Gasteiger partial charge in [0, 0.05) is 12.0 Å². The van der Waals surface area contributed by atoms with Crippen LogP contribution in [0.3, 0.4) is 0 Å². The molecule has 0 atom stereocenters. The van der Waals surface area contributed by atoms with E-state index in [2.05, 4.69) is 27.7 Å². The minimum Gasteiger partial charge on any atom is -0.493 e. The molecule has 0 aliphatic carbocycles. The number of hydrogen-bond acceptors (Lipinski definition) is 2. The Labute approximate surface area is 110 Å². The van der Waals surface area contributed by atoms with Crippen LogP contribution in [0, 0.1) is 5.92 Å². The first-order valence-electron chi connectivity index (χ1n) is 6.75. The van der Waals surface area contributed by atoms with Crippen LogP contribution in [0.5, 0.6) is 5.75 Å². The summed E-state index contributed by atoms with van der Waals surface area (Å²) in [5.41, 5.74) is 1.91. The van der Waals surface area contributed by atoms with Crippen molar-refractivity contribution in [2.45, 2.75) is 47.0 Å². The van der Waals surface area contributed by atoms with Crippen molar-refractivity contribution in [2.24, 2.45) is 5.92 Å². The molecule has 18 heavy (non-hydrogen) atoms. The summed E-state index contributed by atoms with van der Waals surface area (Å²) in [6, 6.07) is 5.78. The lowest BCUT2D eigenvalue weighted by atomic mass is 9.97. The highest BCUT2D eigenvalue weighted by molar-refractivity contribution is 5.96. The summed E-state index contributed by atoms with van der Waals surface area (Å²) in [5.74, 6) is 1.96. The monoisotopic (exact) mass is 248 g/mol. The molecule has 0 aromatic heterocycles. The third-order valence-electron chi connectivity index (χ3n) is 2.85. The maximum absolute atomic E-state index is 11.7. The van der Waals surface area contributed by atoms with Crippen molar-refractivity contribution in [3.05, 3.63) is 29.3 Å². The number of rotatable bonds is 6. The highest BCUT2D eigenvalue weighted by atomic mass is 16.5. The Morgan fingerprint density at radius 2 is 1.89 bits per heavy atom. The van der Waals surface area contributed by atoms with E-state index < -0.39 is 0 Å². The summed E-state index contributed by atoms with van der Waals surface area (Å²) in [7, 11) is 0. The highest BCUT2D eigenvalue weighted by Crippen LogP contribution is 2.28. The average Bonchev–Trinajstić information content (AvgIpc) is 2.34. The summed E-state index contributed by atoms with van der Waals surface area (Å²) in [6.45, 7) is 11.1. The van der Waals surface area contributed by atoms with Crippen LogP contribution in [0.25, 0.3) is 0 Å². The molecule has 100 valence electrons. The van der Waals surface area contributed by atoms with Gasteiger partial charge in [0.2, 0.25) is 0 Å². The molecule has 0 unspecified atom stereocenters. The Bertz CT molecular complexity index is 406. The molecule has 0 spiro atoms. The fourth-order valence-corrected chi connectivity index (χ4v) is 1.77. The van der Waals surface area contributed by atoms with Crippen molar-refractivity contribution in [3.63, 3.8) is 0 Å². The number of hydrogen-bond donors (Lipinski definition) is 0. The molecule has 0 radical (unpaired) electrons. The van der Waals surface area contributed by atoms with Crippen molar-refractivity contribution in [2.75, 3.05) is 6.61 Å². The molecule has 0 aliphatic rings. The normalized spacial score (nSPS) is 11.1. The Kier molecular flexibility index (Phi) is 5.39. The second-order valence-electron chi connectivity index (χ2n) is 5.39. The molecule has 1 aromatic carbocycles. The zero-order valence-electron chi connectivity index (χ0n) is 12.1. The number of ether oxygens (including phenoxy) is 1. The minimum atomic E-state index is 0.187. The quantitative estimate of drug-likeness (QED) is 0.696. The van der Waals surface area contributed by atoms with E-state index in [1.54, 1.807) is 0 Å². The van der Waals surface area contributed by atoms with Crippen LogP contribution >= 0.6 is 0 Å². The Balaban J connectivity index is 3.01. The third kappa shape index (κ3) is 3.86. The van der Waals surface area contributed by atoms with Gasteiger partial charge in [-0.05, 0) is 35.6 Å². The number of carbonyl (C=O) groups excluding carboxylic acids is 1. The van der Waals surface area contributed by atoms with Crippen LogP contribution in [-0.4, -0.2) is 12.4 Å². The second kappa shape index (κ2) is 6.58. The van der Waals surface area contributed by atoms with Crippen LogP contribution in [0.15, 0.2) is 18.2 Å². The van der Waals surface area contributed by atoms with Gasteiger partial charge in [-0.3, -0.25) is 4.79 Å². The lowest BCUT2D eigenvalue weighted by Gasteiger charge is -2.16. The van der Waals surface area contributed by atoms with Crippen molar-refractivity contribution >= 4 is 5.78 Å². The zero-order chi connectivity index (χ0) is 13.7. The molecule has 0 aliphatic heterocycles. The lowest BCUT2D eigenvalue weighted by Crippen LogP contribution is -2.08. The first kappa shape index (κ1) is 14.7. The van der Waals surface area contributed by atoms with Gasteiger partial charge in [-0.25, -0.2) is 0 Å². The molecule has 0 saturated heterocycles. The van der Waals surface area contributed by atoms with E-state index in [0.29, 0.717) is 24.9 Å². The van der Waals surface area contributed by atoms with Crippen molar-refractivity contribution in [1.29, 1.82) is 0 Å². The maximum atomic E-state index is 11.7. The molecule has 2 heteroatoms. The smallest absolute Gasteiger partial charge is 0.162 e. The molecule has 0 bridgehead atoms. The maximum Gasteiger partial charge on any atom is 0.162 e. The van der Waals surface area contributed by atoms with E-state index in [4.69, 9.17) is 4.74 Å². The predicted octanol–water partition coefficient (Wildman–Crippen LogP) is 4.44. The van der Waals surface area contributed by atoms with Gasteiger partial charge in [-0.2, -0.15) is 0 Å². The standard InChI is InChI=1S/C16H24O2/c1-6-15(17)13-7-8-16(18-10-11(2)3)14(9-13)12(4)5/h7-9,11-12H,6,10H2,1-5H3. The van der Waals surface area contributed by atoms with Crippen LogP contribution in [0.2, 0.25) is 0 Å². The summed E-state index contributed by atoms with van der Waals surface area (Å²) in [5, 5.41) is 0. The van der Waals surface area contributed by atoms with Gasteiger partial charge in [0.25, 0.3) is 0 Å². The fraction of sp³-hybridized carbons (Fsp3) is 0.562. The van der Waals surface area contributed by atoms with Gasteiger partial charge in [0.05, 0.1) is 6.61 Å². The number of carbonyl (C=O) groups is 1. The Morgan fingerprint density at radius 1 is 1.22 bits per heavy atom. The van der Waals surface area contributed by atoms with E-state index in [1.165, 1.54) is 0 Å². The molecule has 0 N–H and O–H groups in total. The SMILES string of the molecule is CCC(=O)c1ccc(OCC(C)C)c(C(C)C)c1. The summed E-state index contributed by atoms with van der Waals surface area (Å²) in [4.78, 5) is 11.7. The predicted molar refractivity (Wildman–Crippen MR) is 75.5 cm³/mol. The van der Waals surface area contributed by atoms with Gasteiger partial charge in [-0.1, -0.05) is 34.6 Å². The molecule has 1 rings (SSSR count). The van der Waals surface area contributed by atoms with Gasteiger partial charge in [-0.15, -0.1) is 0 Å². The topological polar surface area (TPSA) is 26.3 Å². The number of benzene rings is 1. The lowest BCUT2D eigenvalue weighted by molar-refractivity contribution is 0.0988. The van der Waals surface area contributed by atoms with Crippen molar-refractivity contribution in [1.82, 2.24) is 0 Å². The van der Waals surface area contributed by atoms with Crippen LogP contribution in [0.4, 0.5) is 0 Å². The molecule has 0 heterocycles. The van der Waals surface area contributed by atoms with Crippen LogP contribution < -0.4 is 4.74 Å². The van der Waals surface area contributed by atoms with E-state index in [9.17, 15) is 4.79 Å². The minimum absolute atomic E-state index is 0.187. The average molecular weight is 248 g/mol. The molecule has 0 fully saturated rings. The van der Waals surface area contributed by atoms with E-state index >= 15 is 0 Å². The summed E-state index contributed by atoms with van der Waals surface area (Å²) >= 11 is 0. The molecule has 0 saturated carbocycles. The van der Waals surface area contributed by atoms with Crippen molar-refractivity contribution in [3.8, 4) is 5.75 Å². The van der Waals surface area contributed by atoms with E-state index in [-0.39, 0.29) is 5.78 Å². The molecule has 1 aromatic rings. The van der Waals surface area contributed by atoms with Gasteiger partial charge < -0.3 is 4.74 Å². The first-order valence-corrected chi connectivity index (χ1v) is 6.75. The molecule has 2 nitrogen and oxygen atoms in total. The van der Waals surface area contributed by atoms with E-state index in [0.717, 1.165) is 16.9 Å². The van der Waals surface area contributed by atoms with Crippen molar-refractivity contribution < 1.29 is 9.53 Å². The fourth-order valence-electron chi connectivity index (χ4n) is 1.77. The van der Waals surface area contributed by atoms with E-state index in [1.807, 2.05) is 25.1 Å². The zero-order valence-corrected chi connectivity index (χ0v) is 12.1. The van der Waals surface area contributed by atoms with Crippen LogP contribution in [-0.2, 0) is 0 Å². The molecule has 0 amide bonds. The summed E-state index contributed by atoms with van der Waals surface area (Å²) in [6.07, 6.45) is 0.545. The van der Waals surface area contributed by atoms with Gasteiger partial charge in [0.1, 0.15) is 5.75 Å². The number of ketones is 1. The number of Topliss-reactive ketones (excluding diaryl/α,β-unsaturated/α-hetero) is 1. The second-order valence-corrected chi connectivity index (χ2v) is 5.39. The largest absolute Gasteiger partial charge is 0.493 e. The van der Waals surface area contributed by atoms with Crippen LogP contribution in [0.1, 0.15) is 62.9 Å². The van der Waals surface area contributed by atoms with Gasteiger partial charge in [0.15, 0.2) is 5.78 Å². The Morgan fingerprint density at radius 3 is 2.39 bits per heavy atom.